The van der Waals surface area contributed by atoms with E-state index in [9.17, 15) is 4.79 Å². The van der Waals surface area contributed by atoms with Gasteiger partial charge in [-0.3, -0.25) is 4.90 Å². The number of piperidine rings is 1. The summed E-state index contributed by atoms with van der Waals surface area (Å²) in [6.07, 6.45) is 7.61. The summed E-state index contributed by atoms with van der Waals surface area (Å²) in [7, 11) is 0. The van der Waals surface area contributed by atoms with Gasteiger partial charge in [-0.05, 0) is 42.5 Å². The van der Waals surface area contributed by atoms with E-state index < -0.39 is 0 Å². The SMILES string of the molecule is O=C(N1CCCCC1)N1c2ccccc2C=Cc2ccccc21. The second-order valence-corrected chi connectivity index (χ2v) is 6.12. The summed E-state index contributed by atoms with van der Waals surface area (Å²) in [6, 6.07) is 16.3. The van der Waals surface area contributed by atoms with Gasteiger partial charge in [0.15, 0.2) is 0 Å². The monoisotopic (exact) mass is 304 g/mol. The van der Waals surface area contributed by atoms with Crippen molar-refractivity contribution in [1.82, 2.24) is 4.90 Å². The molecular formula is C20H20N2O. The molecule has 0 aromatic heterocycles. The van der Waals surface area contributed by atoms with Crippen molar-refractivity contribution in [2.24, 2.45) is 0 Å². The minimum absolute atomic E-state index is 0.0910. The summed E-state index contributed by atoms with van der Waals surface area (Å²) >= 11 is 0. The van der Waals surface area contributed by atoms with E-state index in [1.54, 1.807) is 0 Å². The number of rotatable bonds is 0. The van der Waals surface area contributed by atoms with Gasteiger partial charge < -0.3 is 4.90 Å². The van der Waals surface area contributed by atoms with E-state index in [0.29, 0.717) is 0 Å². The van der Waals surface area contributed by atoms with Gasteiger partial charge in [0.1, 0.15) is 0 Å². The van der Waals surface area contributed by atoms with Gasteiger partial charge in [-0.15, -0.1) is 0 Å². The molecule has 0 unspecified atom stereocenters. The van der Waals surface area contributed by atoms with Gasteiger partial charge in [0.05, 0.1) is 11.4 Å². The molecule has 116 valence electrons. The van der Waals surface area contributed by atoms with Crippen molar-refractivity contribution in [3.05, 3.63) is 59.7 Å². The van der Waals surface area contributed by atoms with E-state index in [1.165, 1.54) is 6.42 Å². The first-order valence-corrected chi connectivity index (χ1v) is 8.30. The zero-order valence-electron chi connectivity index (χ0n) is 13.1. The Bertz CT molecular complexity index is 710. The average Bonchev–Trinajstić information content (AvgIpc) is 2.79. The van der Waals surface area contributed by atoms with Crippen LogP contribution in [0.3, 0.4) is 0 Å². The van der Waals surface area contributed by atoms with Gasteiger partial charge >= 0.3 is 6.03 Å². The molecular weight excluding hydrogens is 284 g/mol. The maximum Gasteiger partial charge on any atom is 0.329 e. The van der Waals surface area contributed by atoms with E-state index in [4.69, 9.17) is 0 Å². The highest BCUT2D eigenvalue weighted by Gasteiger charge is 2.28. The van der Waals surface area contributed by atoms with Crippen LogP contribution >= 0.6 is 0 Å². The molecule has 3 nitrogen and oxygen atoms in total. The summed E-state index contributed by atoms with van der Waals surface area (Å²) < 4.78 is 0. The van der Waals surface area contributed by atoms with Crippen LogP contribution in [0, 0.1) is 0 Å². The maximum atomic E-state index is 13.3. The van der Waals surface area contributed by atoms with E-state index >= 15 is 0 Å². The lowest BCUT2D eigenvalue weighted by atomic mass is 10.1. The highest BCUT2D eigenvalue weighted by atomic mass is 16.2. The Hall–Kier alpha value is -2.55. The third-order valence-electron chi connectivity index (χ3n) is 4.62. The number of anilines is 2. The molecule has 2 aliphatic rings. The summed E-state index contributed by atoms with van der Waals surface area (Å²) in [6.45, 7) is 1.71. The van der Waals surface area contributed by atoms with Crippen molar-refractivity contribution in [2.45, 2.75) is 19.3 Å². The largest absolute Gasteiger partial charge is 0.329 e. The van der Waals surface area contributed by atoms with Crippen molar-refractivity contribution < 1.29 is 4.79 Å². The normalized spacial score (nSPS) is 16.5. The number of hydrogen-bond donors (Lipinski definition) is 0. The first kappa shape index (κ1) is 14.1. The van der Waals surface area contributed by atoms with Crippen LogP contribution in [-0.4, -0.2) is 24.0 Å². The molecule has 0 saturated carbocycles. The molecule has 1 fully saturated rings. The molecule has 3 heteroatoms. The average molecular weight is 304 g/mol. The second-order valence-electron chi connectivity index (χ2n) is 6.12. The predicted octanol–water partition coefficient (Wildman–Crippen LogP) is 4.91. The van der Waals surface area contributed by atoms with Crippen LogP contribution < -0.4 is 4.90 Å². The molecule has 0 atom stereocenters. The number of hydrogen-bond acceptors (Lipinski definition) is 1. The molecule has 2 heterocycles. The van der Waals surface area contributed by atoms with Crippen molar-refractivity contribution in [3.8, 4) is 0 Å². The third-order valence-corrected chi connectivity index (χ3v) is 4.62. The molecule has 2 aromatic rings. The van der Waals surface area contributed by atoms with Crippen molar-refractivity contribution in [3.63, 3.8) is 0 Å². The number of urea groups is 1. The van der Waals surface area contributed by atoms with Crippen LogP contribution in [0.2, 0.25) is 0 Å². The number of para-hydroxylation sites is 2. The Kier molecular flexibility index (Phi) is 3.62. The first-order valence-electron chi connectivity index (χ1n) is 8.30. The lowest BCUT2D eigenvalue weighted by molar-refractivity contribution is 0.195. The van der Waals surface area contributed by atoms with Crippen LogP contribution in [0.1, 0.15) is 30.4 Å². The van der Waals surface area contributed by atoms with E-state index in [1.807, 2.05) is 46.2 Å². The molecule has 1 saturated heterocycles. The van der Waals surface area contributed by atoms with Crippen LogP contribution in [-0.2, 0) is 0 Å². The molecule has 2 amide bonds. The highest BCUT2D eigenvalue weighted by Crippen LogP contribution is 2.37. The van der Waals surface area contributed by atoms with Gasteiger partial charge in [0, 0.05) is 13.1 Å². The maximum absolute atomic E-state index is 13.3. The van der Waals surface area contributed by atoms with E-state index in [-0.39, 0.29) is 6.03 Å². The molecule has 0 bridgehead atoms. The van der Waals surface area contributed by atoms with E-state index in [0.717, 1.165) is 48.4 Å². The first-order chi connectivity index (χ1) is 11.3. The number of carbonyl (C=O) groups is 1. The summed E-state index contributed by atoms with van der Waals surface area (Å²) in [4.78, 5) is 17.1. The van der Waals surface area contributed by atoms with Crippen LogP contribution in [0.4, 0.5) is 16.2 Å². The van der Waals surface area contributed by atoms with Crippen molar-refractivity contribution in [1.29, 1.82) is 0 Å². The smallest absolute Gasteiger partial charge is 0.324 e. The van der Waals surface area contributed by atoms with Crippen molar-refractivity contribution >= 4 is 29.6 Å². The minimum atomic E-state index is 0.0910. The zero-order valence-corrected chi connectivity index (χ0v) is 13.1. The van der Waals surface area contributed by atoms with Gasteiger partial charge in [-0.25, -0.2) is 4.79 Å². The highest BCUT2D eigenvalue weighted by molar-refractivity contribution is 6.05. The number of carbonyl (C=O) groups excluding carboxylic acids is 1. The molecule has 23 heavy (non-hydrogen) atoms. The van der Waals surface area contributed by atoms with Crippen molar-refractivity contribution in [2.75, 3.05) is 18.0 Å². The fourth-order valence-electron chi connectivity index (χ4n) is 3.41. The fraction of sp³-hybridized carbons (Fsp3) is 0.250. The summed E-state index contributed by atoms with van der Waals surface area (Å²) in [5, 5.41) is 0. The molecule has 0 radical (unpaired) electrons. The van der Waals surface area contributed by atoms with Crippen LogP contribution in [0.25, 0.3) is 12.2 Å². The third kappa shape index (κ3) is 2.52. The van der Waals surface area contributed by atoms with Crippen LogP contribution in [0.15, 0.2) is 48.5 Å². The quantitative estimate of drug-likeness (QED) is 0.678. The topological polar surface area (TPSA) is 23.6 Å². The summed E-state index contributed by atoms with van der Waals surface area (Å²) in [5.74, 6) is 0. The lowest BCUT2D eigenvalue weighted by Crippen LogP contribution is -2.43. The van der Waals surface area contributed by atoms with Gasteiger partial charge in [0.2, 0.25) is 0 Å². The number of fused-ring (bicyclic) bond motifs is 2. The number of benzene rings is 2. The molecule has 2 aliphatic heterocycles. The van der Waals surface area contributed by atoms with Gasteiger partial charge in [0.25, 0.3) is 0 Å². The Morgan fingerprint density at radius 1 is 0.739 bits per heavy atom. The fourth-order valence-corrected chi connectivity index (χ4v) is 3.41. The second kappa shape index (κ2) is 5.92. The Balaban J connectivity index is 1.83. The molecule has 0 aliphatic carbocycles. The number of amides is 2. The molecule has 0 spiro atoms. The standard InChI is InChI=1S/C20H20N2O/c23-20(21-14-6-1-7-15-21)22-18-10-4-2-8-16(18)12-13-17-9-3-5-11-19(17)22/h2-5,8-13H,1,6-7,14-15H2. The zero-order chi connectivity index (χ0) is 15.6. The summed E-state index contributed by atoms with van der Waals surface area (Å²) in [5.41, 5.74) is 4.08. The number of likely N-dealkylation sites (tertiary alicyclic amines) is 1. The predicted molar refractivity (Wildman–Crippen MR) is 94.8 cm³/mol. The van der Waals surface area contributed by atoms with Gasteiger partial charge in [-0.1, -0.05) is 48.6 Å². The molecule has 0 N–H and O–H groups in total. The van der Waals surface area contributed by atoms with E-state index in [2.05, 4.69) is 24.3 Å². The van der Waals surface area contributed by atoms with Gasteiger partial charge in [-0.2, -0.15) is 0 Å². The minimum Gasteiger partial charge on any atom is -0.324 e. The van der Waals surface area contributed by atoms with Crippen LogP contribution in [0.5, 0.6) is 0 Å². The Labute approximate surface area is 136 Å². The molecule has 2 aromatic carbocycles. The molecule has 4 rings (SSSR count). The Morgan fingerprint density at radius 3 is 1.83 bits per heavy atom. The number of nitrogens with zero attached hydrogens (tertiary/aromatic N) is 2. The lowest BCUT2D eigenvalue weighted by Gasteiger charge is -2.33. The Morgan fingerprint density at radius 2 is 1.26 bits per heavy atom.